The summed E-state index contributed by atoms with van der Waals surface area (Å²) in [4.78, 5) is 5.60. The lowest BCUT2D eigenvalue weighted by Crippen LogP contribution is -2.21. The summed E-state index contributed by atoms with van der Waals surface area (Å²) >= 11 is 1.75. The van der Waals surface area contributed by atoms with Gasteiger partial charge in [0.05, 0.1) is 15.9 Å². The van der Waals surface area contributed by atoms with Crippen LogP contribution in [-0.4, -0.2) is 15.4 Å². The van der Waals surface area contributed by atoms with Gasteiger partial charge >= 0.3 is 0 Å². The molecule has 0 spiro atoms. The van der Waals surface area contributed by atoms with Crippen LogP contribution < -0.4 is 5.32 Å². The summed E-state index contributed by atoms with van der Waals surface area (Å²) < 4.78 is 3.48. The monoisotopic (exact) mass is 259 g/mol. The van der Waals surface area contributed by atoms with Crippen LogP contribution in [0.4, 0.5) is 0 Å². The minimum absolute atomic E-state index is 0.518. The molecule has 3 aromatic rings. The van der Waals surface area contributed by atoms with E-state index in [2.05, 4.69) is 52.9 Å². The highest BCUT2D eigenvalue weighted by atomic mass is 32.1. The number of nitrogens with one attached hydrogen (secondary N) is 1. The number of fused-ring (bicyclic) bond motifs is 3. The molecule has 4 heteroatoms. The molecule has 0 saturated carbocycles. The van der Waals surface area contributed by atoms with Gasteiger partial charge in [-0.2, -0.15) is 0 Å². The summed E-state index contributed by atoms with van der Waals surface area (Å²) in [6, 6.07) is 7.17. The molecule has 0 bridgehead atoms. The molecule has 0 unspecified atom stereocenters. The highest BCUT2D eigenvalue weighted by molar-refractivity contribution is 7.23. The third kappa shape index (κ3) is 2.02. The van der Waals surface area contributed by atoms with Gasteiger partial charge < -0.3 is 5.32 Å². The molecule has 18 heavy (non-hydrogen) atoms. The summed E-state index contributed by atoms with van der Waals surface area (Å²) in [6.45, 7) is 7.29. The minimum Gasteiger partial charge on any atom is -0.310 e. The van der Waals surface area contributed by atoms with Gasteiger partial charge in [0.25, 0.3) is 0 Å². The van der Waals surface area contributed by atoms with Crippen molar-refractivity contribution in [2.24, 2.45) is 0 Å². The second-order valence-corrected chi connectivity index (χ2v) is 5.98. The number of nitrogens with zero attached hydrogens (tertiary/aromatic N) is 2. The lowest BCUT2D eigenvalue weighted by atomic mass is 10.2. The van der Waals surface area contributed by atoms with Gasteiger partial charge in [-0.15, -0.1) is 0 Å². The Morgan fingerprint density at radius 1 is 1.39 bits per heavy atom. The maximum absolute atomic E-state index is 4.52. The Bertz CT molecular complexity index is 694. The second kappa shape index (κ2) is 4.37. The average Bonchev–Trinajstić information content (AvgIpc) is 2.81. The molecule has 1 aromatic carbocycles. The molecule has 3 rings (SSSR count). The van der Waals surface area contributed by atoms with Gasteiger partial charge in [-0.25, -0.2) is 4.98 Å². The first-order chi connectivity index (χ1) is 8.63. The number of hydrogen-bond acceptors (Lipinski definition) is 3. The maximum atomic E-state index is 4.52. The van der Waals surface area contributed by atoms with Gasteiger partial charge in [0.1, 0.15) is 0 Å². The summed E-state index contributed by atoms with van der Waals surface area (Å²) in [7, 11) is 0. The largest absolute Gasteiger partial charge is 0.310 e. The second-order valence-electron chi connectivity index (χ2n) is 4.97. The highest BCUT2D eigenvalue weighted by Gasteiger charge is 2.07. The van der Waals surface area contributed by atoms with E-state index >= 15 is 0 Å². The Kier molecular flexibility index (Phi) is 2.84. The molecule has 3 nitrogen and oxygen atoms in total. The van der Waals surface area contributed by atoms with Crippen LogP contribution >= 0.6 is 11.3 Å². The van der Waals surface area contributed by atoms with Gasteiger partial charge in [-0.05, 0) is 24.6 Å². The van der Waals surface area contributed by atoms with Crippen molar-refractivity contribution in [2.45, 2.75) is 33.4 Å². The molecule has 0 saturated heterocycles. The third-order valence-electron chi connectivity index (χ3n) is 2.99. The van der Waals surface area contributed by atoms with Crippen LogP contribution in [0, 0.1) is 6.92 Å². The lowest BCUT2D eigenvalue weighted by Gasteiger charge is -2.07. The molecule has 2 aromatic heterocycles. The fourth-order valence-corrected chi connectivity index (χ4v) is 3.21. The smallest absolute Gasteiger partial charge is 0.194 e. The summed E-state index contributed by atoms with van der Waals surface area (Å²) in [5.74, 6) is 0. The van der Waals surface area contributed by atoms with Crippen LogP contribution in [0.3, 0.4) is 0 Å². The van der Waals surface area contributed by atoms with Gasteiger partial charge in [-0.3, -0.25) is 4.40 Å². The zero-order chi connectivity index (χ0) is 12.7. The SMILES string of the molecule is Cc1cn2c(n1)sc1cc(CNC(C)C)ccc12. The number of imidazole rings is 1. The normalized spacial score (nSPS) is 12.0. The number of aromatic nitrogens is 2. The minimum atomic E-state index is 0.518. The number of aryl methyl sites for hydroxylation is 1. The van der Waals surface area contributed by atoms with Crippen molar-refractivity contribution in [3.63, 3.8) is 0 Å². The van der Waals surface area contributed by atoms with Crippen molar-refractivity contribution >= 4 is 26.5 Å². The summed E-state index contributed by atoms with van der Waals surface area (Å²) in [5, 5.41) is 3.45. The number of thiazole rings is 1. The van der Waals surface area contributed by atoms with Crippen molar-refractivity contribution in [1.29, 1.82) is 0 Å². The van der Waals surface area contributed by atoms with E-state index in [1.54, 1.807) is 11.3 Å². The van der Waals surface area contributed by atoms with Crippen LogP contribution in [0.1, 0.15) is 25.1 Å². The maximum Gasteiger partial charge on any atom is 0.194 e. The average molecular weight is 259 g/mol. The topological polar surface area (TPSA) is 29.3 Å². The zero-order valence-corrected chi connectivity index (χ0v) is 11.7. The first-order valence-corrected chi connectivity index (χ1v) is 7.05. The Balaban J connectivity index is 2.02. The lowest BCUT2D eigenvalue weighted by molar-refractivity contribution is 0.589. The van der Waals surface area contributed by atoms with Gasteiger partial charge in [0, 0.05) is 18.8 Å². The van der Waals surface area contributed by atoms with Crippen molar-refractivity contribution in [2.75, 3.05) is 0 Å². The van der Waals surface area contributed by atoms with Gasteiger partial charge in [0.15, 0.2) is 4.96 Å². The number of rotatable bonds is 3. The van der Waals surface area contributed by atoms with Crippen molar-refractivity contribution < 1.29 is 0 Å². The first kappa shape index (κ1) is 11.7. The molecule has 94 valence electrons. The van der Waals surface area contributed by atoms with E-state index in [4.69, 9.17) is 0 Å². The predicted octanol–water partition coefficient (Wildman–Crippen LogP) is 3.36. The van der Waals surface area contributed by atoms with Crippen molar-refractivity contribution in [3.8, 4) is 0 Å². The van der Waals surface area contributed by atoms with Gasteiger partial charge in [-0.1, -0.05) is 31.3 Å². The molecule has 0 aliphatic rings. The molecule has 0 aliphatic heterocycles. The van der Waals surface area contributed by atoms with E-state index in [0.29, 0.717) is 6.04 Å². The fourth-order valence-electron chi connectivity index (χ4n) is 2.09. The van der Waals surface area contributed by atoms with E-state index in [0.717, 1.165) is 17.2 Å². The first-order valence-electron chi connectivity index (χ1n) is 6.24. The molecule has 0 atom stereocenters. The summed E-state index contributed by atoms with van der Waals surface area (Å²) in [6.07, 6.45) is 2.10. The number of benzene rings is 1. The molecule has 2 heterocycles. The van der Waals surface area contributed by atoms with Crippen LogP contribution in [0.25, 0.3) is 15.2 Å². The van der Waals surface area contributed by atoms with E-state index in [1.165, 1.54) is 15.8 Å². The molecule has 0 amide bonds. The third-order valence-corrected chi connectivity index (χ3v) is 4.01. The van der Waals surface area contributed by atoms with Crippen LogP contribution in [0.2, 0.25) is 0 Å². The van der Waals surface area contributed by atoms with E-state index in [-0.39, 0.29) is 0 Å². The zero-order valence-electron chi connectivity index (χ0n) is 10.9. The Morgan fingerprint density at radius 3 is 3.00 bits per heavy atom. The standard InChI is InChI=1S/C14H17N3S/c1-9(2)15-7-11-4-5-12-13(6-11)18-14-16-10(3)8-17(12)14/h4-6,8-9,15H,7H2,1-3H3. The van der Waals surface area contributed by atoms with Crippen LogP contribution in [0.15, 0.2) is 24.4 Å². The quantitative estimate of drug-likeness (QED) is 0.781. The molecule has 0 aliphatic carbocycles. The number of hydrogen-bond donors (Lipinski definition) is 1. The molecular formula is C14H17N3S. The summed E-state index contributed by atoms with van der Waals surface area (Å²) in [5.41, 5.74) is 3.66. The van der Waals surface area contributed by atoms with Crippen molar-refractivity contribution in [3.05, 3.63) is 35.7 Å². The van der Waals surface area contributed by atoms with Gasteiger partial charge in [0.2, 0.25) is 0 Å². The van der Waals surface area contributed by atoms with Crippen molar-refractivity contribution in [1.82, 2.24) is 14.7 Å². The van der Waals surface area contributed by atoms with E-state index < -0.39 is 0 Å². The van der Waals surface area contributed by atoms with E-state index in [9.17, 15) is 0 Å². The molecule has 1 N–H and O–H groups in total. The molecular weight excluding hydrogens is 242 g/mol. The molecule has 0 fully saturated rings. The Hall–Kier alpha value is -1.39. The highest BCUT2D eigenvalue weighted by Crippen LogP contribution is 2.27. The van der Waals surface area contributed by atoms with Crippen LogP contribution in [-0.2, 0) is 6.54 Å². The Morgan fingerprint density at radius 2 is 2.22 bits per heavy atom. The molecule has 0 radical (unpaired) electrons. The fraction of sp³-hybridized carbons (Fsp3) is 0.357. The van der Waals surface area contributed by atoms with E-state index in [1.807, 2.05) is 6.92 Å². The predicted molar refractivity (Wildman–Crippen MR) is 77.3 cm³/mol. The Labute approximate surface area is 110 Å². The van der Waals surface area contributed by atoms with Crippen LogP contribution in [0.5, 0.6) is 0 Å².